The zero-order chi connectivity index (χ0) is 11.1. The van der Waals surface area contributed by atoms with E-state index in [1.807, 2.05) is 6.92 Å². The van der Waals surface area contributed by atoms with Crippen LogP contribution in [0.25, 0.3) is 0 Å². The minimum atomic E-state index is -1.30. The summed E-state index contributed by atoms with van der Waals surface area (Å²) in [4.78, 5) is 11.1. The van der Waals surface area contributed by atoms with Crippen LogP contribution < -0.4 is 0 Å². The van der Waals surface area contributed by atoms with Crippen molar-refractivity contribution in [3.63, 3.8) is 0 Å². The zero-order valence-electron chi connectivity index (χ0n) is 9.72. The van der Waals surface area contributed by atoms with Gasteiger partial charge in [-0.25, -0.2) is 0 Å². The van der Waals surface area contributed by atoms with E-state index in [2.05, 4.69) is 26.6 Å². The van der Waals surface area contributed by atoms with Gasteiger partial charge in [0, 0.05) is 0 Å². The van der Waals surface area contributed by atoms with Crippen LogP contribution in [0.4, 0.5) is 0 Å². The smallest absolute Gasteiger partial charge is 0.310 e. The Hall–Kier alpha value is -0.573. The maximum Gasteiger partial charge on any atom is 0.310 e. The topological polar surface area (TPSA) is 37.3 Å². The first-order valence-corrected chi connectivity index (χ1v) is 8.68. The fourth-order valence-electron chi connectivity index (χ4n) is 2.54. The van der Waals surface area contributed by atoms with Gasteiger partial charge < -0.3 is 5.11 Å². The molecule has 3 heteroatoms. The van der Waals surface area contributed by atoms with Crippen LogP contribution in [0.3, 0.4) is 0 Å². The Labute approximate surface area is 87.0 Å². The molecular formula is C11H20O2Si. The van der Waals surface area contributed by atoms with E-state index in [4.69, 9.17) is 5.11 Å². The molecule has 0 unspecified atom stereocenters. The molecule has 0 spiro atoms. The highest BCUT2D eigenvalue weighted by atomic mass is 28.3. The number of carboxylic acids is 1. The summed E-state index contributed by atoms with van der Waals surface area (Å²) < 4.78 is 0. The van der Waals surface area contributed by atoms with Crippen molar-refractivity contribution < 1.29 is 9.90 Å². The second-order valence-electron chi connectivity index (χ2n) is 5.41. The zero-order valence-corrected chi connectivity index (χ0v) is 10.7. The van der Waals surface area contributed by atoms with Gasteiger partial charge in [0.2, 0.25) is 0 Å². The van der Waals surface area contributed by atoms with Gasteiger partial charge in [-0.3, -0.25) is 4.79 Å². The standard InChI is InChI=1S/C11H20O2Si/c1-7-6-9(14(3,4)5)8(2)10(7)11(12)13/h7,10H,6H2,1-5H3,(H,12,13)/t7-,10+/m0/s1. The molecule has 0 fully saturated rings. The molecule has 2 nitrogen and oxygen atoms in total. The van der Waals surface area contributed by atoms with E-state index in [0.717, 1.165) is 12.0 Å². The lowest BCUT2D eigenvalue weighted by atomic mass is 9.94. The number of rotatable bonds is 2. The Morgan fingerprint density at radius 1 is 1.43 bits per heavy atom. The van der Waals surface area contributed by atoms with E-state index < -0.39 is 14.0 Å². The van der Waals surface area contributed by atoms with Crippen molar-refractivity contribution in [1.29, 1.82) is 0 Å². The van der Waals surface area contributed by atoms with Crippen molar-refractivity contribution in [2.24, 2.45) is 11.8 Å². The largest absolute Gasteiger partial charge is 0.481 e. The average Bonchev–Trinajstić information content (AvgIpc) is 2.24. The van der Waals surface area contributed by atoms with Gasteiger partial charge in [0.25, 0.3) is 0 Å². The Morgan fingerprint density at radius 2 is 1.93 bits per heavy atom. The third-order valence-electron chi connectivity index (χ3n) is 3.21. The van der Waals surface area contributed by atoms with E-state index in [1.165, 1.54) is 5.20 Å². The third-order valence-corrected chi connectivity index (χ3v) is 5.62. The minimum absolute atomic E-state index is 0.225. The summed E-state index contributed by atoms with van der Waals surface area (Å²) in [6.45, 7) is 10.9. The third kappa shape index (κ3) is 1.92. The van der Waals surface area contributed by atoms with Crippen LogP contribution in [-0.2, 0) is 4.79 Å². The molecule has 80 valence electrons. The van der Waals surface area contributed by atoms with Crippen LogP contribution >= 0.6 is 0 Å². The monoisotopic (exact) mass is 212 g/mol. The Morgan fingerprint density at radius 3 is 2.14 bits per heavy atom. The van der Waals surface area contributed by atoms with Gasteiger partial charge in [0.15, 0.2) is 0 Å². The number of hydrogen-bond donors (Lipinski definition) is 1. The first kappa shape index (κ1) is 11.5. The van der Waals surface area contributed by atoms with E-state index in [-0.39, 0.29) is 11.8 Å². The van der Waals surface area contributed by atoms with E-state index >= 15 is 0 Å². The van der Waals surface area contributed by atoms with Gasteiger partial charge in [-0.05, 0) is 19.3 Å². The van der Waals surface area contributed by atoms with Gasteiger partial charge >= 0.3 is 5.97 Å². The highest BCUT2D eigenvalue weighted by Crippen LogP contribution is 2.40. The van der Waals surface area contributed by atoms with Gasteiger partial charge in [-0.15, -0.1) is 0 Å². The Bertz CT molecular complexity index is 286. The molecule has 0 aromatic carbocycles. The summed E-state index contributed by atoms with van der Waals surface area (Å²) in [5.74, 6) is -0.589. The van der Waals surface area contributed by atoms with Gasteiger partial charge in [0.1, 0.15) is 0 Å². The van der Waals surface area contributed by atoms with Crippen LogP contribution in [0.2, 0.25) is 19.6 Å². The van der Waals surface area contributed by atoms with Crippen molar-refractivity contribution in [3.05, 3.63) is 10.8 Å². The lowest BCUT2D eigenvalue weighted by molar-refractivity contribution is -0.141. The van der Waals surface area contributed by atoms with Crippen molar-refractivity contribution in [3.8, 4) is 0 Å². The molecule has 0 amide bonds. The maximum atomic E-state index is 11.1. The summed E-state index contributed by atoms with van der Waals surface area (Å²) in [7, 11) is -1.30. The van der Waals surface area contributed by atoms with Crippen molar-refractivity contribution in [2.45, 2.75) is 39.9 Å². The fraction of sp³-hybridized carbons (Fsp3) is 0.727. The van der Waals surface area contributed by atoms with Crippen LogP contribution in [-0.4, -0.2) is 19.1 Å². The summed E-state index contributed by atoms with van der Waals surface area (Å²) >= 11 is 0. The fourth-order valence-corrected chi connectivity index (χ4v) is 4.81. The summed E-state index contributed by atoms with van der Waals surface area (Å²) in [5.41, 5.74) is 1.14. The van der Waals surface area contributed by atoms with E-state index in [9.17, 15) is 4.79 Å². The molecule has 1 aliphatic carbocycles. The normalized spacial score (nSPS) is 28.4. The van der Waals surface area contributed by atoms with Crippen LogP contribution in [0.15, 0.2) is 10.8 Å². The van der Waals surface area contributed by atoms with Crippen LogP contribution in [0.5, 0.6) is 0 Å². The Kier molecular flexibility index (Phi) is 2.90. The van der Waals surface area contributed by atoms with Crippen LogP contribution in [0, 0.1) is 11.8 Å². The molecule has 1 aliphatic rings. The van der Waals surface area contributed by atoms with Crippen LogP contribution in [0.1, 0.15) is 20.3 Å². The Balaban J connectivity index is 3.05. The SMILES string of the molecule is CC1=C([Si](C)(C)C)C[C@H](C)[C@H]1C(=O)O. The van der Waals surface area contributed by atoms with Gasteiger partial charge in [-0.2, -0.15) is 0 Å². The number of hydrogen-bond acceptors (Lipinski definition) is 1. The number of allylic oxidation sites excluding steroid dienone is 1. The molecular weight excluding hydrogens is 192 g/mol. The quantitative estimate of drug-likeness (QED) is 0.715. The van der Waals surface area contributed by atoms with Gasteiger partial charge in [0.05, 0.1) is 14.0 Å². The number of carboxylic acid groups (broad SMARTS) is 1. The number of aliphatic carboxylic acids is 1. The molecule has 0 aromatic heterocycles. The first-order chi connectivity index (χ1) is 6.25. The second kappa shape index (κ2) is 3.53. The molecule has 0 heterocycles. The van der Waals surface area contributed by atoms with E-state index in [0.29, 0.717) is 0 Å². The average molecular weight is 212 g/mol. The lowest BCUT2D eigenvalue weighted by Crippen LogP contribution is -2.24. The summed E-state index contributed by atoms with van der Waals surface area (Å²) in [5, 5.41) is 10.6. The molecule has 1 rings (SSSR count). The van der Waals surface area contributed by atoms with E-state index in [1.54, 1.807) is 0 Å². The maximum absolute atomic E-state index is 11.1. The molecule has 0 aliphatic heterocycles. The second-order valence-corrected chi connectivity index (χ2v) is 10.5. The molecule has 0 radical (unpaired) electrons. The summed E-state index contributed by atoms with van der Waals surface area (Å²) in [6.07, 6.45) is 0.999. The highest BCUT2D eigenvalue weighted by molar-refractivity contribution is 6.83. The molecule has 0 saturated carbocycles. The highest BCUT2D eigenvalue weighted by Gasteiger charge is 2.38. The minimum Gasteiger partial charge on any atom is -0.481 e. The predicted octanol–water partition coefficient (Wildman–Crippen LogP) is 2.92. The molecule has 0 aromatic rings. The lowest BCUT2D eigenvalue weighted by Gasteiger charge is -2.19. The summed E-state index contributed by atoms with van der Waals surface area (Å²) in [6, 6.07) is 0. The van der Waals surface area contributed by atoms with Crippen molar-refractivity contribution >= 4 is 14.0 Å². The molecule has 2 atom stereocenters. The van der Waals surface area contributed by atoms with Gasteiger partial charge in [-0.1, -0.05) is 37.3 Å². The molecule has 0 bridgehead atoms. The molecule has 1 N–H and O–H groups in total. The van der Waals surface area contributed by atoms with Crippen molar-refractivity contribution in [2.75, 3.05) is 0 Å². The number of carbonyl (C=O) groups is 1. The van der Waals surface area contributed by atoms with Crippen molar-refractivity contribution in [1.82, 2.24) is 0 Å². The molecule has 14 heavy (non-hydrogen) atoms. The predicted molar refractivity (Wildman–Crippen MR) is 61.0 cm³/mol. The first-order valence-electron chi connectivity index (χ1n) is 5.18. The molecule has 0 saturated heterocycles.